The van der Waals surface area contributed by atoms with Gasteiger partial charge in [-0.25, -0.2) is 8.42 Å². The molecule has 6 nitrogen and oxygen atoms in total. The van der Waals surface area contributed by atoms with Crippen LogP contribution in [-0.4, -0.2) is 46.1 Å². The summed E-state index contributed by atoms with van der Waals surface area (Å²) in [5, 5.41) is 2.72. The monoisotopic (exact) mass is 299 g/mol. The van der Waals surface area contributed by atoms with Crippen LogP contribution in [0.3, 0.4) is 0 Å². The Morgan fingerprint density at radius 3 is 2.60 bits per heavy atom. The molecule has 0 unspecified atom stereocenters. The van der Waals surface area contributed by atoms with Gasteiger partial charge in [-0.2, -0.15) is 0 Å². The molecule has 20 heavy (non-hydrogen) atoms. The average Bonchev–Trinajstić information content (AvgIpc) is 2.76. The van der Waals surface area contributed by atoms with Crippen molar-refractivity contribution < 1.29 is 22.7 Å². The van der Waals surface area contributed by atoms with Crippen LogP contribution in [-0.2, 0) is 9.84 Å². The van der Waals surface area contributed by atoms with Gasteiger partial charge in [0.1, 0.15) is 11.5 Å². The van der Waals surface area contributed by atoms with Crippen molar-refractivity contribution in [3.05, 3.63) is 23.8 Å². The Morgan fingerprint density at radius 2 is 2.05 bits per heavy atom. The van der Waals surface area contributed by atoms with Crippen LogP contribution in [0.2, 0.25) is 0 Å². The van der Waals surface area contributed by atoms with Gasteiger partial charge in [0, 0.05) is 12.1 Å². The van der Waals surface area contributed by atoms with E-state index in [1.807, 2.05) is 0 Å². The van der Waals surface area contributed by atoms with Crippen LogP contribution in [0.5, 0.6) is 11.5 Å². The second-order valence-electron chi connectivity index (χ2n) is 4.64. The lowest BCUT2D eigenvalue weighted by molar-refractivity contribution is 0.0938. The summed E-state index contributed by atoms with van der Waals surface area (Å²) < 4.78 is 33.0. The molecule has 0 aliphatic carbocycles. The zero-order chi connectivity index (χ0) is 14.8. The summed E-state index contributed by atoms with van der Waals surface area (Å²) >= 11 is 0. The summed E-state index contributed by atoms with van der Waals surface area (Å²) in [5.41, 5.74) is 0.359. The van der Waals surface area contributed by atoms with Gasteiger partial charge in [0.25, 0.3) is 5.91 Å². The van der Waals surface area contributed by atoms with Gasteiger partial charge < -0.3 is 14.8 Å². The first-order chi connectivity index (χ1) is 9.45. The molecular formula is C13H17NO5S. The van der Waals surface area contributed by atoms with Crippen molar-refractivity contribution in [2.24, 2.45) is 0 Å². The Balaban J connectivity index is 2.13. The third-order valence-electron chi connectivity index (χ3n) is 3.22. The molecule has 0 bridgehead atoms. The molecule has 2 rings (SSSR count). The first kappa shape index (κ1) is 14.6. The molecule has 110 valence electrons. The molecule has 7 heteroatoms. The molecular weight excluding hydrogens is 282 g/mol. The molecule has 1 amide bonds. The number of ether oxygens (including phenoxy) is 2. The predicted molar refractivity (Wildman–Crippen MR) is 74.1 cm³/mol. The topological polar surface area (TPSA) is 81.7 Å². The van der Waals surface area contributed by atoms with E-state index in [1.165, 1.54) is 14.2 Å². The van der Waals surface area contributed by atoms with E-state index in [2.05, 4.69) is 5.32 Å². The van der Waals surface area contributed by atoms with E-state index < -0.39 is 9.84 Å². The molecule has 1 aliphatic rings. The highest BCUT2D eigenvalue weighted by Gasteiger charge is 2.29. The summed E-state index contributed by atoms with van der Waals surface area (Å²) in [7, 11) is -0.0260. The molecule has 1 aromatic carbocycles. The van der Waals surface area contributed by atoms with Crippen LogP contribution >= 0.6 is 0 Å². The standard InChI is InChI=1S/C13H17NO5S/c1-18-10-3-4-11(12(7-10)19-2)13(15)14-9-5-6-20(16,17)8-9/h3-4,7,9H,5-6,8H2,1-2H3,(H,14,15)/t9-/m1/s1. The number of hydrogen-bond acceptors (Lipinski definition) is 5. The van der Waals surface area contributed by atoms with Crippen molar-refractivity contribution in [1.82, 2.24) is 5.32 Å². The van der Waals surface area contributed by atoms with Crippen LogP contribution in [0.15, 0.2) is 18.2 Å². The predicted octanol–water partition coefficient (Wildman–Crippen LogP) is 0.621. The van der Waals surface area contributed by atoms with Crippen molar-refractivity contribution >= 4 is 15.7 Å². The maximum absolute atomic E-state index is 12.2. The van der Waals surface area contributed by atoms with Crippen LogP contribution in [0.1, 0.15) is 16.8 Å². The third kappa shape index (κ3) is 3.22. The smallest absolute Gasteiger partial charge is 0.255 e. The quantitative estimate of drug-likeness (QED) is 0.881. The molecule has 0 aromatic heterocycles. The fourth-order valence-corrected chi connectivity index (χ4v) is 3.83. The van der Waals surface area contributed by atoms with Gasteiger partial charge in [0.15, 0.2) is 9.84 Å². The normalized spacial score (nSPS) is 20.4. The van der Waals surface area contributed by atoms with Crippen LogP contribution in [0.25, 0.3) is 0 Å². The largest absolute Gasteiger partial charge is 0.497 e. The van der Waals surface area contributed by atoms with Gasteiger partial charge in [-0.05, 0) is 18.6 Å². The molecule has 1 atom stereocenters. The van der Waals surface area contributed by atoms with Crippen LogP contribution < -0.4 is 14.8 Å². The molecule has 1 fully saturated rings. The SMILES string of the molecule is COc1ccc(C(=O)N[C@@H]2CCS(=O)(=O)C2)c(OC)c1. The highest BCUT2D eigenvalue weighted by Crippen LogP contribution is 2.25. The van der Waals surface area contributed by atoms with Crippen molar-refractivity contribution in [1.29, 1.82) is 0 Å². The number of amides is 1. The Hall–Kier alpha value is -1.76. The molecule has 1 aromatic rings. The molecule has 1 heterocycles. The number of carbonyl (C=O) groups is 1. The second-order valence-corrected chi connectivity index (χ2v) is 6.87. The Labute approximate surface area is 118 Å². The zero-order valence-corrected chi connectivity index (χ0v) is 12.2. The minimum absolute atomic E-state index is 0.00277. The third-order valence-corrected chi connectivity index (χ3v) is 4.99. The van der Waals surface area contributed by atoms with E-state index in [9.17, 15) is 13.2 Å². The number of nitrogens with one attached hydrogen (secondary N) is 1. The highest BCUT2D eigenvalue weighted by atomic mass is 32.2. The number of methoxy groups -OCH3 is 2. The molecule has 1 N–H and O–H groups in total. The summed E-state index contributed by atoms with van der Waals surface area (Å²) in [6, 6.07) is 4.53. The Morgan fingerprint density at radius 1 is 1.30 bits per heavy atom. The number of rotatable bonds is 4. The highest BCUT2D eigenvalue weighted by molar-refractivity contribution is 7.91. The maximum atomic E-state index is 12.2. The van der Waals surface area contributed by atoms with Gasteiger partial charge in [-0.1, -0.05) is 0 Å². The molecule has 0 spiro atoms. The van der Waals surface area contributed by atoms with E-state index in [1.54, 1.807) is 18.2 Å². The van der Waals surface area contributed by atoms with E-state index in [0.29, 0.717) is 23.5 Å². The van der Waals surface area contributed by atoms with Crippen LogP contribution in [0, 0.1) is 0 Å². The lowest BCUT2D eigenvalue weighted by atomic mass is 10.1. The minimum Gasteiger partial charge on any atom is -0.497 e. The lowest BCUT2D eigenvalue weighted by Crippen LogP contribution is -2.35. The van der Waals surface area contributed by atoms with E-state index in [0.717, 1.165) is 0 Å². The van der Waals surface area contributed by atoms with Crippen molar-refractivity contribution in [2.45, 2.75) is 12.5 Å². The average molecular weight is 299 g/mol. The molecule has 0 saturated carbocycles. The fourth-order valence-electron chi connectivity index (χ4n) is 2.16. The van der Waals surface area contributed by atoms with Gasteiger partial charge in [-0.15, -0.1) is 0 Å². The van der Waals surface area contributed by atoms with Crippen LogP contribution in [0.4, 0.5) is 0 Å². The number of carbonyl (C=O) groups excluding carboxylic acids is 1. The van der Waals surface area contributed by atoms with E-state index in [-0.39, 0.29) is 23.5 Å². The van der Waals surface area contributed by atoms with Crippen molar-refractivity contribution in [3.8, 4) is 11.5 Å². The van der Waals surface area contributed by atoms with Gasteiger partial charge in [0.05, 0.1) is 31.3 Å². The molecule has 0 radical (unpaired) electrons. The minimum atomic E-state index is -3.02. The van der Waals surface area contributed by atoms with E-state index >= 15 is 0 Å². The van der Waals surface area contributed by atoms with Crippen molar-refractivity contribution in [2.75, 3.05) is 25.7 Å². The number of benzene rings is 1. The Bertz CT molecular complexity index is 611. The fraction of sp³-hybridized carbons (Fsp3) is 0.462. The van der Waals surface area contributed by atoms with Crippen molar-refractivity contribution in [3.63, 3.8) is 0 Å². The van der Waals surface area contributed by atoms with Gasteiger partial charge in [0.2, 0.25) is 0 Å². The first-order valence-electron chi connectivity index (χ1n) is 6.18. The summed E-state index contributed by atoms with van der Waals surface area (Å²) in [5.74, 6) is 0.755. The molecule has 1 saturated heterocycles. The van der Waals surface area contributed by atoms with E-state index in [4.69, 9.17) is 9.47 Å². The molecule has 1 aliphatic heterocycles. The van der Waals surface area contributed by atoms with Gasteiger partial charge in [-0.3, -0.25) is 4.79 Å². The lowest BCUT2D eigenvalue weighted by Gasteiger charge is -2.13. The number of sulfone groups is 1. The Kier molecular flexibility index (Phi) is 4.17. The second kappa shape index (κ2) is 5.70. The summed E-state index contributed by atoms with van der Waals surface area (Å²) in [6.07, 6.45) is 0.451. The van der Waals surface area contributed by atoms with Gasteiger partial charge >= 0.3 is 0 Å². The summed E-state index contributed by atoms with van der Waals surface area (Å²) in [4.78, 5) is 12.2. The summed E-state index contributed by atoms with van der Waals surface area (Å²) in [6.45, 7) is 0. The zero-order valence-electron chi connectivity index (χ0n) is 11.4. The first-order valence-corrected chi connectivity index (χ1v) is 8.00. The maximum Gasteiger partial charge on any atom is 0.255 e. The number of hydrogen-bond donors (Lipinski definition) is 1.